The van der Waals surface area contributed by atoms with E-state index in [1.807, 2.05) is 6.92 Å². The number of rotatable bonds is 9. The minimum absolute atomic E-state index is 0.285. The zero-order chi connectivity index (χ0) is 17.1. The second-order valence-corrected chi connectivity index (χ2v) is 4.75. The predicted octanol–water partition coefficient (Wildman–Crippen LogP) is 2.18. The summed E-state index contributed by atoms with van der Waals surface area (Å²) in [7, 11) is 3.10. The van der Waals surface area contributed by atoms with Gasteiger partial charge in [0.05, 0.1) is 14.2 Å². The molecule has 6 heteroatoms. The number of carbonyl (C=O) groups is 2. The molecule has 0 aliphatic rings. The van der Waals surface area contributed by atoms with Crippen molar-refractivity contribution in [3.05, 3.63) is 29.8 Å². The fraction of sp³-hybridized carbons (Fsp3) is 0.412. The molecule has 1 N–H and O–H groups in total. The van der Waals surface area contributed by atoms with Crippen LogP contribution in [0.3, 0.4) is 0 Å². The maximum Gasteiger partial charge on any atom is 0.331 e. The molecule has 126 valence electrons. The molecule has 0 spiro atoms. The van der Waals surface area contributed by atoms with Gasteiger partial charge in [0.1, 0.15) is 11.5 Å². The zero-order valence-corrected chi connectivity index (χ0v) is 13.8. The van der Waals surface area contributed by atoms with Gasteiger partial charge in [0, 0.05) is 24.3 Å². The Morgan fingerprint density at radius 1 is 1.22 bits per heavy atom. The van der Waals surface area contributed by atoms with Crippen LogP contribution >= 0.6 is 0 Å². The fourth-order valence-corrected chi connectivity index (χ4v) is 1.75. The Hall–Kier alpha value is -2.50. The minimum Gasteiger partial charge on any atom is -0.497 e. The summed E-state index contributed by atoms with van der Waals surface area (Å²) in [5.41, 5.74) is 0.706. The van der Waals surface area contributed by atoms with Crippen molar-refractivity contribution in [2.24, 2.45) is 0 Å². The van der Waals surface area contributed by atoms with E-state index in [9.17, 15) is 9.59 Å². The van der Waals surface area contributed by atoms with E-state index in [4.69, 9.17) is 14.2 Å². The molecule has 0 aliphatic carbocycles. The van der Waals surface area contributed by atoms with Gasteiger partial charge >= 0.3 is 5.97 Å². The van der Waals surface area contributed by atoms with Crippen LogP contribution in [-0.2, 0) is 14.3 Å². The minimum atomic E-state index is -0.589. The molecule has 0 radical (unpaired) electrons. The van der Waals surface area contributed by atoms with Crippen LogP contribution in [0.5, 0.6) is 11.5 Å². The summed E-state index contributed by atoms with van der Waals surface area (Å²) in [6.45, 7) is 2.34. The van der Waals surface area contributed by atoms with Crippen LogP contribution in [0, 0.1) is 0 Å². The van der Waals surface area contributed by atoms with Gasteiger partial charge in [0.15, 0.2) is 6.61 Å². The van der Waals surface area contributed by atoms with Crippen LogP contribution in [0.1, 0.15) is 25.3 Å². The highest BCUT2D eigenvalue weighted by Gasteiger charge is 2.06. The molecule has 1 amide bonds. The van der Waals surface area contributed by atoms with E-state index >= 15 is 0 Å². The highest BCUT2D eigenvalue weighted by Crippen LogP contribution is 2.25. The summed E-state index contributed by atoms with van der Waals surface area (Å²) in [6, 6.07) is 5.24. The summed E-state index contributed by atoms with van der Waals surface area (Å²) in [4.78, 5) is 23.0. The highest BCUT2D eigenvalue weighted by molar-refractivity contribution is 5.89. The molecule has 0 unspecified atom stereocenters. The third-order valence-corrected chi connectivity index (χ3v) is 3.04. The number of ether oxygens (including phenoxy) is 3. The molecule has 0 atom stereocenters. The van der Waals surface area contributed by atoms with E-state index in [2.05, 4.69) is 5.32 Å². The molecule has 6 nitrogen and oxygen atoms in total. The Kier molecular flexibility index (Phi) is 8.28. The fourth-order valence-electron chi connectivity index (χ4n) is 1.75. The first-order valence-electron chi connectivity index (χ1n) is 7.44. The Morgan fingerprint density at radius 2 is 2.00 bits per heavy atom. The molecule has 0 heterocycles. The summed E-state index contributed by atoms with van der Waals surface area (Å²) in [5, 5.41) is 2.67. The SMILES string of the molecule is CCCCNC(=O)COC(=O)C=Cc1ccc(OC)cc1OC. The average Bonchev–Trinajstić information content (AvgIpc) is 2.58. The quantitative estimate of drug-likeness (QED) is 0.429. The summed E-state index contributed by atoms with van der Waals surface area (Å²) in [6.07, 6.45) is 4.71. The molecular weight excluding hydrogens is 298 g/mol. The van der Waals surface area contributed by atoms with Crippen molar-refractivity contribution in [2.45, 2.75) is 19.8 Å². The van der Waals surface area contributed by atoms with Crippen molar-refractivity contribution in [1.29, 1.82) is 0 Å². The highest BCUT2D eigenvalue weighted by atomic mass is 16.5. The third kappa shape index (κ3) is 6.86. The van der Waals surface area contributed by atoms with Gasteiger partial charge in [-0.25, -0.2) is 4.79 Å². The Balaban J connectivity index is 2.50. The van der Waals surface area contributed by atoms with E-state index in [-0.39, 0.29) is 12.5 Å². The third-order valence-electron chi connectivity index (χ3n) is 3.04. The number of amides is 1. The van der Waals surface area contributed by atoms with Crippen LogP contribution in [0.4, 0.5) is 0 Å². The Morgan fingerprint density at radius 3 is 2.65 bits per heavy atom. The smallest absolute Gasteiger partial charge is 0.331 e. The lowest BCUT2D eigenvalue weighted by Gasteiger charge is -2.07. The molecular formula is C17H23NO5. The van der Waals surface area contributed by atoms with Crippen molar-refractivity contribution in [3.8, 4) is 11.5 Å². The topological polar surface area (TPSA) is 73.9 Å². The lowest BCUT2D eigenvalue weighted by molar-refractivity contribution is -0.143. The molecule has 1 aromatic carbocycles. The Labute approximate surface area is 136 Å². The molecule has 1 aromatic rings. The summed E-state index contributed by atoms with van der Waals surface area (Å²) < 4.78 is 15.2. The molecule has 0 bridgehead atoms. The van der Waals surface area contributed by atoms with Crippen LogP contribution in [0.2, 0.25) is 0 Å². The number of hydrogen-bond donors (Lipinski definition) is 1. The Bertz CT molecular complexity index is 554. The first-order valence-corrected chi connectivity index (χ1v) is 7.44. The van der Waals surface area contributed by atoms with E-state index in [1.54, 1.807) is 31.4 Å². The van der Waals surface area contributed by atoms with Gasteiger partial charge in [-0.05, 0) is 24.6 Å². The van der Waals surface area contributed by atoms with Crippen LogP contribution < -0.4 is 14.8 Å². The van der Waals surface area contributed by atoms with Crippen molar-refractivity contribution in [3.63, 3.8) is 0 Å². The van der Waals surface area contributed by atoms with Crippen LogP contribution in [0.15, 0.2) is 24.3 Å². The standard InChI is InChI=1S/C17H23NO5/c1-4-5-10-18-16(19)12-23-17(20)9-7-13-6-8-14(21-2)11-15(13)22-3/h6-9,11H,4-5,10,12H2,1-3H3,(H,18,19). The first kappa shape index (κ1) is 18.5. The summed E-state index contributed by atoms with van der Waals surface area (Å²) in [5.74, 6) is 0.340. The van der Waals surface area contributed by atoms with E-state index in [0.717, 1.165) is 12.8 Å². The van der Waals surface area contributed by atoms with Crippen molar-refractivity contribution >= 4 is 18.0 Å². The van der Waals surface area contributed by atoms with Crippen molar-refractivity contribution < 1.29 is 23.8 Å². The molecule has 0 aliphatic heterocycles. The van der Waals surface area contributed by atoms with Gasteiger partial charge in [0.2, 0.25) is 0 Å². The number of methoxy groups -OCH3 is 2. The second-order valence-electron chi connectivity index (χ2n) is 4.75. The normalized spacial score (nSPS) is 10.4. The van der Waals surface area contributed by atoms with Gasteiger partial charge < -0.3 is 19.5 Å². The van der Waals surface area contributed by atoms with Gasteiger partial charge in [-0.3, -0.25) is 4.79 Å². The number of benzene rings is 1. The molecule has 1 rings (SSSR count). The van der Waals surface area contributed by atoms with Gasteiger partial charge in [-0.1, -0.05) is 13.3 Å². The number of unbranched alkanes of at least 4 members (excludes halogenated alkanes) is 1. The van der Waals surface area contributed by atoms with Crippen LogP contribution in [-0.4, -0.2) is 39.2 Å². The lowest BCUT2D eigenvalue weighted by Crippen LogP contribution is -2.29. The summed E-state index contributed by atoms with van der Waals surface area (Å²) >= 11 is 0. The van der Waals surface area contributed by atoms with Crippen molar-refractivity contribution in [1.82, 2.24) is 5.32 Å². The van der Waals surface area contributed by atoms with Gasteiger partial charge in [0.25, 0.3) is 5.91 Å². The first-order chi connectivity index (χ1) is 11.1. The number of hydrogen-bond acceptors (Lipinski definition) is 5. The van der Waals surface area contributed by atoms with E-state index in [1.165, 1.54) is 13.2 Å². The average molecular weight is 321 g/mol. The monoisotopic (exact) mass is 321 g/mol. The van der Waals surface area contributed by atoms with Crippen molar-refractivity contribution in [2.75, 3.05) is 27.4 Å². The molecule has 0 saturated carbocycles. The maximum atomic E-state index is 11.6. The van der Waals surface area contributed by atoms with Gasteiger partial charge in [-0.2, -0.15) is 0 Å². The number of nitrogens with one attached hydrogen (secondary N) is 1. The number of esters is 1. The van der Waals surface area contributed by atoms with E-state index in [0.29, 0.717) is 23.6 Å². The number of carbonyl (C=O) groups excluding carboxylic acids is 2. The lowest BCUT2D eigenvalue weighted by atomic mass is 10.2. The maximum absolute atomic E-state index is 11.6. The molecule has 23 heavy (non-hydrogen) atoms. The predicted molar refractivity (Wildman–Crippen MR) is 87.5 cm³/mol. The van der Waals surface area contributed by atoms with E-state index < -0.39 is 5.97 Å². The molecule has 0 saturated heterocycles. The molecule has 0 aromatic heterocycles. The largest absolute Gasteiger partial charge is 0.497 e. The zero-order valence-electron chi connectivity index (χ0n) is 13.8. The van der Waals surface area contributed by atoms with Gasteiger partial charge in [-0.15, -0.1) is 0 Å². The van der Waals surface area contributed by atoms with Crippen LogP contribution in [0.25, 0.3) is 6.08 Å². The molecule has 0 fully saturated rings. The second kappa shape index (κ2) is 10.3.